The Hall–Kier alpha value is -2.13. The smallest absolute Gasteiger partial charge is 0.122 e. The minimum atomic E-state index is 0.973. The maximum Gasteiger partial charge on any atom is 0.122 e. The molecule has 0 aliphatic heterocycles. The summed E-state index contributed by atoms with van der Waals surface area (Å²) >= 11 is 0. The molecule has 1 aliphatic carbocycles. The van der Waals surface area contributed by atoms with Crippen LogP contribution in [0.4, 0.5) is 0 Å². The summed E-state index contributed by atoms with van der Waals surface area (Å²) in [5.74, 6) is 0.989. The van der Waals surface area contributed by atoms with Crippen molar-refractivity contribution < 1.29 is 4.74 Å². The molecule has 0 saturated carbocycles. The number of fused-ring (bicyclic) bond motifs is 1. The van der Waals surface area contributed by atoms with Crippen LogP contribution in [0.15, 0.2) is 48.3 Å². The molecule has 1 heterocycles. The van der Waals surface area contributed by atoms with Crippen LogP contribution in [0, 0.1) is 0 Å². The van der Waals surface area contributed by atoms with Crippen LogP contribution in [0.25, 0.3) is 5.57 Å². The normalized spacial score (nSPS) is 14.2. The lowest BCUT2D eigenvalue weighted by atomic mass is 9.82. The zero-order valence-electron chi connectivity index (χ0n) is 13.5. The molecule has 0 unspecified atom stereocenters. The van der Waals surface area contributed by atoms with Gasteiger partial charge in [0.2, 0.25) is 0 Å². The van der Waals surface area contributed by atoms with Crippen molar-refractivity contribution >= 4 is 5.57 Å². The highest BCUT2D eigenvalue weighted by molar-refractivity contribution is 5.85. The van der Waals surface area contributed by atoms with Gasteiger partial charge in [-0.2, -0.15) is 0 Å². The number of benzene rings is 1. The maximum absolute atomic E-state index is 5.56. The summed E-state index contributed by atoms with van der Waals surface area (Å²) in [6.45, 7) is 0.973. The first-order valence-electron chi connectivity index (χ1n) is 7.64. The molecule has 0 spiro atoms. The van der Waals surface area contributed by atoms with Crippen LogP contribution in [-0.2, 0) is 6.42 Å². The zero-order chi connectivity index (χ0) is 15.5. The fourth-order valence-corrected chi connectivity index (χ4v) is 3.25. The van der Waals surface area contributed by atoms with Gasteiger partial charge in [0.15, 0.2) is 0 Å². The van der Waals surface area contributed by atoms with Gasteiger partial charge in [0.1, 0.15) is 5.75 Å². The van der Waals surface area contributed by atoms with E-state index in [2.05, 4.69) is 48.2 Å². The van der Waals surface area contributed by atoms with E-state index in [1.165, 1.54) is 27.8 Å². The summed E-state index contributed by atoms with van der Waals surface area (Å²) in [5, 5.41) is 0. The quantitative estimate of drug-likeness (QED) is 0.864. The first-order valence-corrected chi connectivity index (χ1v) is 7.64. The van der Waals surface area contributed by atoms with Crippen LogP contribution < -0.4 is 4.74 Å². The van der Waals surface area contributed by atoms with Gasteiger partial charge in [0.25, 0.3) is 0 Å². The third kappa shape index (κ3) is 2.77. The number of nitrogens with zero attached hydrogens (tertiary/aromatic N) is 2. The van der Waals surface area contributed by atoms with Gasteiger partial charge in [-0.15, -0.1) is 0 Å². The van der Waals surface area contributed by atoms with Crippen LogP contribution in [0.3, 0.4) is 0 Å². The lowest BCUT2D eigenvalue weighted by molar-refractivity contribution is 0.407. The number of hydrogen-bond donors (Lipinski definition) is 0. The van der Waals surface area contributed by atoms with E-state index in [0.717, 1.165) is 25.1 Å². The standard InChI is InChI=1S/C19H22N2O/c1-21(2)13-15-9-10-16-17(7-4-8-18(16)22-3)19(15)14-6-5-11-20-12-14/h4-8,11-12H,9-10,13H2,1-3H3. The fourth-order valence-electron chi connectivity index (χ4n) is 3.25. The van der Waals surface area contributed by atoms with E-state index in [1.54, 1.807) is 7.11 Å². The van der Waals surface area contributed by atoms with E-state index in [-0.39, 0.29) is 0 Å². The summed E-state index contributed by atoms with van der Waals surface area (Å²) < 4.78 is 5.56. The maximum atomic E-state index is 5.56. The number of rotatable bonds is 4. The monoisotopic (exact) mass is 294 g/mol. The number of pyridine rings is 1. The van der Waals surface area contributed by atoms with Crippen LogP contribution >= 0.6 is 0 Å². The van der Waals surface area contributed by atoms with Gasteiger partial charge in [-0.25, -0.2) is 0 Å². The third-order valence-electron chi connectivity index (χ3n) is 4.11. The van der Waals surface area contributed by atoms with Crippen molar-refractivity contribution in [2.24, 2.45) is 0 Å². The highest BCUT2D eigenvalue weighted by Crippen LogP contribution is 2.39. The number of aromatic nitrogens is 1. The van der Waals surface area contributed by atoms with Crippen molar-refractivity contribution in [3.05, 3.63) is 65.0 Å². The highest BCUT2D eigenvalue weighted by Gasteiger charge is 2.23. The molecule has 22 heavy (non-hydrogen) atoms. The molecule has 0 atom stereocenters. The molecule has 0 amide bonds. The zero-order valence-corrected chi connectivity index (χ0v) is 13.5. The average molecular weight is 294 g/mol. The van der Waals surface area contributed by atoms with E-state index in [1.807, 2.05) is 18.5 Å². The third-order valence-corrected chi connectivity index (χ3v) is 4.11. The van der Waals surface area contributed by atoms with Gasteiger partial charge in [0, 0.05) is 30.1 Å². The Bertz CT molecular complexity index is 690. The Kier molecular flexibility index (Phi) is 4.25. The lowest BCUT2D eigenvalue weighted by Gasteiger charge is -2.27. The summed E-state index contributed by atoms with van der Waals surface area (Å²) in [7, 11) is 5.99. The van der Waals surface area contributed by atoms with E-state index >= 15 is 0 Å². The predicted molar refractivity (Wildman–Crippen MR) is 90.1 cm³/mol. The highest BCUT2D eigenvalue weighted by atomic mass is 16.5. The molecule has 0 bridgehead atoms. The molecule has 3 heteroatoms. The lowest BCUT2D eigenvalue weighted by Crippen LogP contribution is -2.19. The summed E-state index contributed by atoms with van der Waals surface area (Å²) in [6.07, 6.45) is 5.88. The van der Waals surface area contributed by atoms with E-state index < -0.39 is 0 Å². The molecule has 1 aromatic heterocycles. The first kappa shape index (κ1) is 14.8. The average Bonchev–Trinajstić information content (AvgIpc) is 2.54. The molecule has 3 nitrogen and oxygen atoms in total. The topological polar surface area (TPSA) is 25.4 Å². The first-order chi connectivity index (χ1) is 10.7. The molecule has 3 rings (SSSR count). The number of methoxy groups -OCH3 is 1. The van der Waals surface area contributed by atoms with Crippen LogP contribution in [0.1, 0.15) is 23.1 Å². The van der Waals surface area contributed by atoms with Gasteiger partial charge in [-0.05, 0) is 55.8 Å². The van der Waals surface area contributed by atoms with Crippen molar-refractivity contribution in [3.8, 4) is 5.75 Å². The Morgan fingerprint density at radius 1 is 1.14 bits per heavy atom. The SMILES string of the molecule is COc1cccc2c1CCC(CN(C)C)=C2c1cccnc1. The molecule has 114 valence electrons. The second kappa shape index (κ2) is 6.32. The molecular formula is C19H22N2O. The minimum absolute atomic E-state index is 0.973. The number of ether oxygens (including phenoxy) is 1. The fraction of sp³-hybridized carbons (Fsp3) is 0.316. The Morgan fingerprint density at radius 3 is 2.68 bits per heavy atom. The van der Waals surface area contributed by atoms with Crippen LogP contribution in [-0.4, -0.2) is 37.6 Å². The van der Waals surface area contributed by atoms with E-state index in [9.17, 15) is 0 Å². The molecule has 0 fully saturated rings. The number of likely N-dealkylation sites (N-methyl/N-ethyl adjacent to an activating group) is 1. The number of hydrogen-bond acceptors (Lipinski definition) is 3. The van der Waals surface area contributed by atoms with Crippen molar-refractivity contribution in [2.75, 3.05) is 27.7 Å². The summed E-state index contributed by atoms with van der Waals surface area (Å²) in [4.78, 5) is 6.54. The summed E-state index contributed by atoms with van der Waals surface area (Å²) in [6, 6.07) is 10.5. The Balaban J connectivity index is 2.20. The molecule has 0 N–H and O–H groups in total. The van der Waals surface area contributed by atoms with Crippen LogP contribution in [0.2, 0.25) is 0 Å². The summed E-state index contributed by atoms with van der Waals surface area (Å²) in [5.41, 5.74) is 6.58. The van der Waals surface area contributed by atoms with Crippen molar-refractivity contribution in [1.29, 1.82) is 0 Å². The molecule has 1 aromatic carbocycles. The molecule has 0 saturated heterocycles. The van der Waals surface area contributed by atoms with Crippen molar-refractivity contribution in [3.63, 3.8) is 0 Å². The van der Waals surface area contributed by atoms with Crippen LogP contribution in [0.5, 0.6) is 5.75 Å². The van der Waals surface area contributed by atoms with E-state index in [4.69, 9.17) is 4.74 Å². The largest absolute Gasteiger partial charge is 0.496 e. The second-order valence-corrected chi connectivity index (χ2v) is 5.94. The van der Waals surface area contributed by atoms with Gasteiger partial charge < -0.3 is 9.64 Å². The van der Waals surface area contributed by atoms with Gasteiger partial charge in [-0.1, -0.05) is 18.2 Å². The Labute approximate surface area is 132 Å². The van der Waals surface area contributed by atoms with E-state index in [0.29, 0.717) is 0 Å². The molecule has 2 aromatic rings. The predicted octanol–water partition coefficient (Wildman–Crippen LogP) is 3.40. The van der Waals surface area contributed by atoms with Crippen molar-refractivity contribution in [1.82, 2.24) is 9.88 Å². The van der Waals surface area contributed by atoms with Gasteiger partial charge in [0.05, 0.1) is 7.11 Å². The van der Waals surface area contributed by atoms with Gasteiger partial charge in [-0.3, -0.25) is 4.98 Å². The molecule has 1 aliphatic rings. The van der Waals surface area contributed by atoms with Gasteiger partial charge >= 0.3 is 0 Å². The molecule has 0 radical (unpaired) electrons. The minimum Gasteiger partial charge on any atom is -0.496 e. The Morgan fingerprint density at radius 2 is 2.00 bits per heavy atom. The second-order valence-electron chi connectivity index (χ2n) is 5.94. The van der Waals surface area contributed by atoms with Crippen molar-refractivity contribution in [2.45, 2.75) is 12.8 Å². The molecular weight excluding hydrogens is 272 g/mol.